The van der Waals surface area contributed by atoms with Gasteiger partial charge in [-0.1, -0.05) is 24.8 Å². The molecule has 4 aromatic rings. The van der Waals surface area contributed by atoms with E-state index >= 15 is 0 Å². The van der Waals surface area contributed by atoms with Gasteiger partial charge in [-0.05, 0) is 37.3 Å². The van der Waals surface area contributed by atoms with Crippen LogP contribution in [0.1, 0.15) is 11.3 Å². The molecule has 3 heterocycles. The van der Waals surface area contributed by atoms with Crippen LogP contribution in [0.25, 0.3) is 29.8 Å². The van der Waals surface area contributed by atoms with Gasteiger partial charge in [0.25, 0.3) is 5.56 Å². The minimum atomic E-state index is -0.223. The Balaban J connectivity index is 1.96. The maximum Gasteiger partial charge on any atom is 0.271 e. The molecule has 6 nitrogen and oxygen atoms in total. The molecule has 0 radical (unpaired) electrons. The molecule has 0 aliphatic rings. The predicted octanol–water partition coefficient (Wildman–Crippen LogP) is 1.70. The number of hydrogen-bond acceptors (Lipinski definition) is 3. The fraction of sp³-hybridized carbons (Fsp3) is 0.0526. The van der Waals surface area contributed by atoms with Crippen LogP contribution in [0.15, 0.2) is 57.9 Å². The molecule has 0 aliphatic heterocycles. The zero-order valence-corrected chi connectivity index (χ0v) is 13.6. The molecule has 4 rings (SSSR count). The maximum atomic E-state index is 12.0. The lowest BCUT2D eigenvalue weighted by atomic mass is 10.2. The Morgan fingerprint density at radius 3 is 2.60 bits per heavy atom. The van der Waals surface area contributed by atoms with Gasteiger partial charge in [0.2, 0.25) is 0 Å². The molecule has 0 saturated carbocycles. The largest absolute Gasteiger partial charge is 0.460 e. The van der Waals surface area contributed by atoms with Crippen molar-refractivity contribution >= 4 is 12.7 Å². The van der Waals surface area contributed by atoms with Crippen LogP contribution in [0.5, 0.6) is 0 Å². The molecule has 0 fully saturated rings. The highest BCUT2D eigenvalue weighted by Crippen LogP contribution is 2.26. The molecule has 25 heavy (non-hydrogen) atoms. The summed E-state index contributed by atoms with van der Waals surface area (Å²) in [5, 5.41) is 10.9. The van der Waals surface area contributed by atoms with Crippen LogP contribution in [-0.4, -0.2) is 20.0 Å². The Hall–Kier alpha value is -3.54. The van der Waals surface area contributed by atoms with Crippen molar-refractivity contribution in [2.75, 3.05) is 0 Å². The fourth-order valence-corrected chi connectivity index (χ4v) is 2.67. The molecular formula is C19H16N4O2. The van der Waals surface area contributed by atoms with Gasteiger partial charge in [0.05, 0.1) is 16.3 Å². The number of rotatable bonds is 3. The van der Waals surface area contributed by atoms with Crippen molar-refractivity contribution < 1.29 is 4.42 Å². The fourth-order valence-electron chi connectivity index (χ4n) is 2.67. The summed E-state index contributed by atoms with van der Waals surface area (Å²) in [6, 6.07) is 13.5. The summed E-state index contributed by atoms with van der Waals surface area (Å²) in [6.07, 6.45) is 3.63. The lowest BCUT2D eigenvalue weighted by Crippen LogP contribution is -2.32. The van der Waals surface area contributed by atoms with Crippen LogP contribution in [0.2, 0.25) is 0 Å². The lowest BCUT2D eigenvalue weighted by molar-refractivity contribution is 0.545. The first-order chi connectivity index (χ1) is 12.1. The molecule has 0 atom stereocenters. The molecule has 3 aromatic heterocycles. The van der Waals surface area contributed by atoms with Gasteiger partial charge in [-0.25, -0.2) is 4.68 Å². The van der Waals surface area contributed by atoms with Crippen molar-refractivity contribution in [2.24, 2.45) is 0 Å². The van der Waals surface area contributed by atoms with Gasteiger partial charge in [-0.3, -0.25) is 15.0 Å². The Morgan fingerprint density at radius 2 is 1.96 bits per heavy atom. The summed E-state index contributed by atoms with van der Waals surface area (Å²) in [5.41, 5.74) is 2.13. The summed E-state index contributed by atoms with van der Waals surface area (Å²) in [6.45, 7) is 5.72. The SMILES string of the molecule is C=c1[nH][nH]c(=O)/c1=C/c1cn(-c2ccccc2)nc1-c1ccc(C)o1. The number of aromatic amines is 2. The average Bonchev–Trinajstić information content (AvgIpc) is 3.31. The monoisotopic (exact) mass is 332 g/mol. The number of H-pyrrole nitrogens is 2. The first kappa shape index (κ1) is 15.0. The van der Waals surface area contributed by atoms with Crippen LogP contribution in [0.4, 0.5) is 0 Å². The number of furan rings is 1. The number of hydrogen-bond donors (Lipinski definition) is 2. The lowest BCUT2D eigenvalue weighted by Gasteiger charge is -1.98. The summed E-state index contributed by atoms with van der Waals surface area (Å²) in [7, 11) is 0. The summed E-state index contributed by atoms with van der Waals surface area (Å²) in [4.78, 5) is 12.0. The van der Waals surface area contributed by atoms with Gasteiger partial charge >= 0.3 is 0 Å². The predicted molar refractivity (Wildman–Crippen MR) is 95.8 cm³/mol. The Kier molecular flexibility index (Phi) is 3.50. The van der Waals surface area contributed by atoms with E-state index in [4.69, 9.17) is 4.42 Å². The first-order valence-corrected chi connectivity index (χ1v) is 7.81. The normalized spacial score (nSPS) is 12.0. The molecule has 6 heteroatoms. The molecule has 0 unspecified atom stereocenters. The highest BCUT2D eigenvalue weighted by atomic mass is 16.3. The van der Waals surface area contributed by atoms with Crippen molar-refractivity contribution in [3.63, 3.8) is 0 Å². The quantitative estimate of drug-likeness (QED) is 0.599. The summed E-state index contributed by atoms with van der Waals surface area (Å²) < 4.78 is 7.50. The van der Waals surface area contributed by atoms with Gasteiger partial charge in [0.1, 0.15) is 11.5 Å². The molecular weight excluding hydrogens is 316 g/mol. The molecule has 0 bridgehead atoms. The average molecular weight is 332 g/mol. The van der Waals surface area contributed by atoms with Crippen LogP contribution >= 0.6 is 0 Å². The van der Waals surface area contributed by atoms with E-state index in [9.17, 15) is 4.79 Å². The molecule has 0 amide bonds. The van der Waals surface area contributed by atoms with Crippen molar-refractivity contribution in [3.05, 3.63) is 80.9 Å². The third-order valence-electron chi connectivity index (χ3n) is 3.93. The highest BCUT2D eigenvalue weighted by Gasteiger charge is 2.14. The van der Waals surface area contributed by atoms with Crippen LogP contribution in [0.3, 0.4) is 0 Å². The smallest absolute Gasteiger partial charge is 0.271 e. The molecule has 0 saturated heterocycles. The first-order valence-electron chi connectivity index (χ1n) is 7.81. The van der Waals surface area contributed by atoms with E-state index in [2.05, 4.69) is 21.9 Å². The Labute approximate surface area is 142 Å². The second-order valence-electron chi connectivity index (χ2n) is 5.74. The van der Waals surface area contributed by atoms with Crippen molar-refractivity contribution in [1.82, 2.24) is 20.0 Å². The second-order valence-corrected chi connectivity index (χ2v) is 5.74. The highest BCUT2D eigenvalue weighted by molar-refractivity contribution is 5.68. The number of benzene rings is 1. The van der Waals surface area contributed by atoms with E-state index in [1.54, 1.807) is 10.8 Å². The minimum Gasteiger partial charge on any atom is -0.460 e. The molecule has 0 spiro atoms. The Bertz CT molecular complexity index is 1160. The minimum absolute atomic E-state index is 0.223. The zero-order valence-electron chi connectivity index (χ0n) is 13.6. The van der Waals surface area contributed by atoms with E-state index in [0.29, 0.717) is 22.0 Å². The van der Waals surface area contributed by atoms with Gasteiger partial charge in [0.15, 0.2) is 5.76 Å². The number of nitrogens with zero attached hydrogens (tertiary/aromatic N) is 2. The number of aryl methyl sites for hydroxylation is 1. The van der Waals surface area contributed by atoms with E-state index in [0.717, 1.165) is 17.0 Å². The van der Waals surface area contributed by atoms with E-state index < -0.39 is 0 Å². The van der Waals surface area contributed by atoms with E-state index in [1.807, 2.05) is 55.6 Å². The van der Waals surface area contributed by atoms with Crippen molar-refractivity contribution in [3.8, 4) is 17.1 Å². The van der Waals surface area contributed by atoms with Gasteiger partial charge in [-0.2, -0.15) is 5.10 Å². The van der Waals surface area contributed by atoms with Crippen LogP contribution in [0, 0.1) is 6.92 Å². The topological polar surface area (TPSA) is 79.6 Å². The molecule has 0 aliphatic carbocycles. The van der Waals surface area contributed by atoms with Crippen molar-refractivity contribution in [1.29, 1.82) is 0 Å². The van der Waals surface area contributed by atoms with Crippen LogP contribution < -0.4 is 16.1 Å². The van der Waals surface area contributed by atoms with Gasteiger partial charge in [0, 0.05) is 11.8 Å². The number of para-hydroxylation sites is 1. The van der Waals surface area contributed by atoms with Crippen molar-refractivity contribution in [2.45, 2.75) is 6.92 Å². The van der Waals surface area contributed by atoms with Gasteiger partial charge in [-0.15, -0.1) is 0 Å². The molecule has 1 aromatic carbocycles. The Morgan fingerprint density at radius 1 is 1.16 bits per heavy atom. The molecule has 2 N–H and O–H groups in total. The summed E-state index contributed by atoms with van der Waals surface area (Å²) >= 11 is 0. The van der Waals surface area contributed by atoms with Gasteiger partial charge < -0.3 is 4.42 Å². The number of aromatic nitrogens is 4. The standard InChI is InChI=1S/C19H16N4O2/c1-12-8-9-17(25-12)18-14(10-16-13(2)20-21-19(16)24)11-23(22-18)15-6-4-3-5-7-15/h3-11,20H,2H2,1H3,(H,21,24)/b16-10+. The second kappa shape index (κ2) is 5.83. The third kappa shape index (κ3) is 2.74. The maximum absolute atomic E-state index is 12.0. The van der Waals surface area contributed by atoms with Crippen LogP contribution in [-0.2, 0) is 0 Å². The third-order valence-corrected chi connectivity index (χ3v) is 3.93. The zero-order chi connectivity index (χ0) is 17.4. The molecule has 124 valence electrons. The van der Waals surface area contributed by atoms with E-state index in [1.165, 1.54) is 0 Å². The number of nitrogens with one attached hydrogen (secondary N) is 2. The van der Waals surface area contributed by atoms with E-state index in [-0.39, 0.29) is 5.56 Å². The summed E-state index contributed by atoms with van der Waals surface area (Å²) in [5.74, 6) is 1.45.